The zero-order chi connectivity index (χ0) is 15.8. The van der Waals surface area contributed by atoms with Gasteiger partial charge in [0.2, 0.25) is 5.91 Å². The molecule has 0 aliphatic rings. The lowest BCUT2D eigenvalue weighted by molar-refractivity contribution is -0.131. The summed E-state index contributed by atoms with van der Waals surface area (Å²) < 4.78 is 1.05. The first-order chi connectivity index (χ1) is 10.0. The van der Waals surface area contributed by atoms with Crippen molar-refractivity contribution < 1.29 is 9.90 Å². The fourth-order valence-electron chi connectivity index (χ4n) is 2.35. The molecule has 0 atom stereocenters. The van der Waals surface area contributed by atoms with Gasteiger partial charge in [-0.2, -0.15) is 0 Å². The second kappa shape index (κ2) is 9.49. The van der Waals surface area contributed by atoms with Crippen LogP contribution in [0.2, 0.25) is 0 Å². The Morgan fingerprint density at radius 3 is 2.57 bits per heavy atom. The van der Waals surface area contributed by atoms with E-state index >= 15 is 0 Å². The minimum Gasteiger partial charge on any atom is -0.395 e. The highest BCUT2D eigenvalue weighted by molar-refractivity contribution is 9.10. The Bertz CT molecular complexity index is 464. The van der Waals surface area contributed by atoms with Gasteiger partial charge in [-0.1, -0.05) is 29.8 Å². The van der Waals surface area contributed by atoms with Gasteiger partial charge in [-0.15, -0.1) is 11.8 Å². The van der Waals surface area contributed by atoms with Crippen LogP contribution in [0, 0.1) is 6.92 Å². The van der Waals surface area contributed by atoms with Crippen LogP contribution in [-0.4, -0.2) is 40.9 Å². The number of aliphatic hydroxyl groups excluding tert-OH is 1. The maximum atomic E-state index is 12.4. The Labute approximate surface area is 140 Å². The van der Waals surface area contributed by atoms with Crippen molar-refractivity contribution >= 4 is 33.6 Å². The van der Waals surface area contributed by atoms with Gasteiger partial charge in [-0.25, -0.2) is 0 Å². The summed E-state index contributed by atoms with van der Waals surface area (Å²) in [6.45, 7) is 6.65. The minimum atomic E-state index is 0.0181. The summed E-state index contributed by atoms with van der Waals surface area (Å²) in [5, 5.41) is 9.18. The molecule has 21 heavy (non-hydrogen) atoms. The predicted molar refractivity (Wildman–Crippen MR) is 92.8 cm³/mol. The smallest absolute Gasteiger partial charge is 0.233 e. The van der Waals surface area contributed by atoms with E-state index < -0.39 is 0 Å². The first kappa shape index (κ1) is 18.5. The molecule has 0 bridgehead atoms. The lowest BCUT2D eigenvalue weighted by Gasteiger charge is -2.30. The summed E-state index contributed by atoms with van der Waals surface area (Å²) in [5.41, 5.74) is 1.17. The molecule has 0 heterocycles. The topological polar surface area (TPSA) is 40.5 Å². The van der Waals surface area contributed by atoms with Crippen LogP contribution >= 0.6 is 27.7 Å². The van der Waals surface area contributed by atoms with Crippen LogP contribution in [0.3, 0.4) is 0 Å². The molecule has 0 aromatic heterocycles. The quantitative estimate of drug-likeness (QED) is 0.703. The third kappa shape index (κ3) is 5.64. The first-order valence-electron chi connectivity index (χ1n) is 7.32. The minimum absolute atomic E-state index is 0.0181. The predicted octanol–water partition coefficient (Wildman–Crippen LogP) is 3.86. The summed E-state index contributed by atoms with van der Waals surface area (Å²) in [7, 11) is 0. The first-order valence-corrected chi connectivity index (χ1v) is 9.10. The van der Waals surface area contributed by atoms with E-state index in [-0.39, 0.29) is 18.6 Å². The number of nitrogens with zero attached hydrogens (tertiary/aromatic N) is 1. The maximum absolute atomic E-state index is 12.4. The average Bonchev–Trinajstić information content (AvgIpc) is 2.46. The van der Waals surface area contributed by atoms with E-state index in [0.29, 0.717) is 12.3 Å². The number of thioether (sulfide) groups is 1. The molecular formula is C16H24BrNO2S. The number of benzene rings is 1. The van der Waals surface area contributed by atoms with Gasteiger partial charge in [0.15, 0.2) is 0 Å². The van der Waals surface area contributed by atoms with Crippen LogP contribution in [-0.2, 0) is 4.79 Å². The van der Waals surface area contributed by atoms with Crippen molar-refractivity contribution in [1.29, 1.82) is 0 Å². The van der Waals surface area contributed by atoms with Crippen molar-refractivity contribution in [3.05, 3.63) is 28.2 Å². The van der Waals surface area contributed by atoms with Crippen molar-refractivity contribution in [3.63, 3.8) is 0 Å². The lowest BCUT2D eigenvalue weighted by atomic mass is 10.1. The van der Waals surface area contributed by atoms with Crippen molar-refractivity contribution in [2.75, 3.05) is 18.9 Å². The highest BCUT2D eigenvalue weighted by atomic mass is 79.9. The molecule has 0 saturated carbocycles. The molecule has 0 unspecified atom stereocenters. The van der Waals surface area contributed by atoms with Crippen molar-refractivity contribution in [2.45, 2.75) is 44.6 Å². The second-order valence-electron chi connectivity index (χ2n) is 4.98. The summed E-state index contributed by atoms with van der Waals surface area (Å²) >= 11 is 5.01. The van der Waals surface area contributed by atoms with Crippen molar-refractivity contribution in [2.24, 2.45) is 0 Å². The summed E-state index contributed by atoms with van der Waals surface area (Å²) in [6, 6.07) is 6.30. The van der Waals surface area contributed by atoms with E-state index in [9.17, 15) is 9.90 Å². The highest BCUT2D eigenvalue weighted by Gasteiger charge is 2.20. The van der Waals surface area contributed by atoms with Crippen LogP contribution in [0.1, 0.15) is 32.3 Å². The monoisotopic (exact) mass is 373 g/mol. The maximum Gasteiger partial charge on any atom is 0.233 e. The average molecular weight is 374 g/mol. The molecular weight excluding hydrogens is 350 g/mol. The number of halogens is 1. The Kier molecular flexibility index (Phi) is 8.37. The van der Waals surface area contributed by atoms with E-state index in [2.05, 4.69) is 35.8 Å². The molecule has 0 fully saturated rings. The van der Waals surface area contributed by atoms with Crippen molar-refractivity contribution in [3.8, 4) is 0 Å². The number of amides is 1. The van der Waals surface area contributed by atoms with Gasteiger partial charge in [-0.3, -0.25) is 4.79 Å². The van der Waals surface area contributed by atoms with Gasteiger partial charge in [0, 0.05) is 22.0 Å². The largest absolute Gasteiger partial charge is 0.395 e. The van der Waals surface area contributed by atoms with Gasteiger partial charge in [0.25, 0.3) is 0 Å². The molecule has 118 valence electrons. The number of hydrogen-bond donors (Lipinski definition) is 1. The lowest BCUT2D eigenvalue weighted by Crippen LogP contribution is -2.42. The second-order valence-corrected chi connectivity index (χ2v) is 6.91. The Hall–Kier alpha value is -0.520. The molecule has 0 saturated heterocycles. The van der Waals surface area contributed by atoms with Crippen molar-refractivity contribution in [1.82, 2.24) is 4.90 Å². The molecule has 5 heteroatoms. The summed E-state index contributed by atoms with van der Waals surface area (Å²) in [4.78, 5) is 15.4. The zero-order valence-electron chi connectivity index (χ0n) is 12.9. The zero-order valence-corrected chi connectivity index (χ0v) is 15.3. The van der Waals surface area contributed by atoms with Crippen LogP contribution in [0.25, 0.3) is 0 Å². The van der Waals surface area contributed by atoms with Crippen LogP contribution in [0.15, 0.2) is 27.6 Å². The standard InChI is InChI=1S/C16H24BrNO2S/c1-4-14(5-2)18(8-9-19)16(20)11-21-15-7-6-13(17)10-12(15)3/h6-7,10,14,19H,4-5,8-9,11H2,1-3H3. The molecule has 0 radical (unpaired) electrons. The van der Waals surface area contributed by atoms with Gasteiger partial charge in [-0.05, 0) is 43.5 Å². The van der Waals surface area contributed by atoms with E-state index in [1.54, 1.807) is 11.8 Å². The molecule has 1 aromatic rings. The Morgan fingerprint density at radius 2 is 2.05 bits per heavy atom. The molecule has 0 spiro atoms. The number of aryl methyl sites for hydroxylation is 1. The number of hydrogen-bond acceptors (Lipinski definition) is 3. The number of aliphatic hydroxyl groups is 1. The van der Waals surface area contributed by atoms with E-state index in [0.717, 1.165) is 22.2 Å². The molecule has 1 N–H and O–H groups in total. The van der Waals surface area contributed by atoms with Gasteiger partial charge in [0.1, 0.15) is 0 Å². The normalized spacial score (nSPS) is 11.0. The van der Waals surface area contributed by atoms with Gasteiger partial charge < -0.3 is 10.0 Å². The fraction of sp³-hybridized carbons (Fsp3) is 0.562. The highest BCUT2D eigenvalue weighted by Crippen LogP contribution is 2.26. The molecule has 1 amide bonds. The molecule has 1 aromatic carbocycles. The van der Waals surface area contributed by atoms with E-state index in [1.807, 2.05) is 24.0 Å². The van der Waals surface area contributed by atoms with Gasteiger partial charge >= 0.3 is 0 Å². The SMILES string of the molecule is CCC(CC)N(CCO)C(=O)CSc1ccc(Br)cc1C. The molecule has 3 nitrogen and oxygen atoms in total. The third-order valence-corrected chi connectivity index (χ3v) is 5.19. The number of carbonyl (C=O) groups excluding carboxylic acids is 1. The number of carbonyl (C=O) groups is 1. The molecule has 0 aliphatic carbocycles. The van der Waals surface area contributed by atoms with E-state index in [4.69, 9.17) is 0 Å². The van der Waals surface area contributed by atoms with Crippen LogP contribution in [0.5, 0.6) is 0 Å². The Morgan fingerprint density at radius 1 is 1.38 bits per heavy atom. The van der Waals surface area contributed by atoms with Gasteiger partial charge in [0.05, 0.1) is 12.4 Å². The third-order valence-electron chi connectivity index (χ3n) is 3.53. The van der Waals surface area contributed by atoms with Crippen LogP contribution in [0.4, 0.5) is 0 Å². The molecule has 0 aliphatic heterocycles. The van der Waals surface area contributed by atoms with Crippen LogP contribution < -0.4 is 0 Å². The number of rotatable bonds is 8. The molecule has 1 rings (SSSR count). The Balaban J connectivity index is 2.68. The summed E-state index contributed by atoms with van der Waals surface area (Å²) in [6.07, 6.45) is 1.84. The fourth-order valence-corrected chi connectivity index (χ4v) is 3.72. The summed E-state index contributed by atoms with van der Waals surface area (Å²) in [5.74, 6) is 0.518. The van der Waals surface area contributed by atoms with E-state index in [1.165, 1.54) is 5.56 Å².